The lowest BCUT2D eigenvalue weighted by atomic mass is 10.0. The molecule has 0 aromatic heterocycles. The van der Waals surface area contributed by atoms with Crippen LogP contribution in [0.5, 0.6) is 5.75 Å². The Kier molecular flexibility index (Phi) is 8.57. The third-order valence-electron chi connectivity index (χ3n) is 6.10. The summed E-state index contributed by atoms with van der Waals surface area (Å²) in [5.41, 5.74) is 1.77. The predicted octanol–water partition coefficient (Wildman–Crippen LogP) is 3.17. The number of carbonyl (C=O) groups is 1. The largest absolute Gasteiger partial charge is 0.487 e. The number of hydrogen-bond acceptors (Lipinski definition) is 5. The summed E-state index contributed by atoms with van der Waals surface area (Å²) in [6.45, 7) is 6.30. The van der Waals surface area contributed by atoms with Crippen LogP contribution in [0.15, 0.2) is 53.4 Å². The maximum Gasteiger partial charge on any atom is 0.317 e. The zero-order chi connectivity index (χ0) is 24.9. The standard InChI is InChI=1S/C25H35N3O5S/c1-5-13-26-25(30)27(4)16-23-18(2)15-28(19(3)17-29)34(31,32)24-12-11-21(14-22(24)33-23)20-9-7-6-8-10-20/h6-12,14,18-19,23,29H,5,13,15-17H2,1-4H3,(H,26,30)/t18-,19+,23+/m1/s1. The summed E-state index contributed by atoms with van der Waals surface area (Å²) >= 11 is 0. The SMILES string of the molecule is CCCNC(=O)N(C)C[C@@H]1Oc2cc(-c3ccccc3)ccc2S(=O)(=O)N([C@@H](C)CO)C[C@H]1C. The number of amides is 2. The fraction of sp³-hybridized carbons (Fsp3) is 0.480. The first-order valence-electron chi connectivity index (χ1n) is 11.7. The van der Waals surface area contributed by atoms with Crippen LogP contribution in [0.3, 0.4) is 0 Å². The molecule has 0 spiro atoms. The Balaban J connectivity index is 2.04. The third kappa shape index (κ3) is 5.71. The molecule has 2 aromatic carbocycles. The maximum atomic E-state index is 13.6. The minimum atomic E-state index is -3.91. The van der Waals surface area contributed by atoms with Crippen LogP contribution < -0.4 is 10.1 Å². The average Bonchev–Trinajstić information content (AvgIpc) is 2.84. The number of hydrogen-bond donors (Lipinski definition) is 2. The van der Waals surface area contributed by atoms with Crippen molar-refractivity contribution in [2.24, 2.45) is 5.92 Å². The number of rotatable bonds is 7. The molecule has 0 radical (unpaired) electrons. The number of likely N-dealkylation sites (N-methyl/N-ethyl adjacent to an activating group) is 1. The number of nitrogens with one attached hydrogen (secondary N) is 1. The second kappa shape index (κ2) is 11.2. The van der Waals surface area contributed by atoms with Crippen molar-refractivity contribution in [3.8, 4) is 16.9 Å². The van der Waals surface area contributed by atoms with Gasteiger partial charge in [0.05, 0.1) is 13.2 Å². The lowest BCUT2D eigenvalue weighted by Gasteiger charge is -2.37. The van der Waals surface area contributed by atoms with E-state index < -0.39 is 22.2 Å². The Hall–Kier alpha value is -2.62. The van der Waals surface area contributed by atoms with Gasteiger partial charge in [0.1, 0.15) is 16.7 Å². The molecule has 0 saturated heterocycles. The molecule has 0 unspecified atom stereocenters. The number of ether oxygens (including phenoxy) is 1. The van der Waals surface area contributed by atoms with Crippen molar-refractivity contribution in [3.05, 3.63) is 48.5 Å². The molecule has 1 heterocycles. The Morgan fingerprint density at radius 3 is 2.59 bits per heavy atom. The highest BCUT2D eigenvalue weighted by atomic mass is 32.2. The Bertz CT molecular complexity index is 1080. The molecule has 9 heteroatoms. The molecule has 2 aromatic rings. The number of carbonyl (C=O) groups excluding carboxylic acids is 1. The van der Waals surface area contributed by atoms with E-state index in [0.29, 0.717) is 6.54 Å². The second-order valence-corrected chi connectivity index (χ2v) is 10.7. The van der Waals surface area contributed by atoms with Crippen molar-refractivity contribution < 1.29 is 23.1 Å². The molecule has 0 bridgehead atoms. The third-order valence-corrected chi connectivity index (χ3v) is 8.12. The van der Waals surface area contributed by atoms with Crippen molar-refractivity contribution in [3.63, 3.8) is 0 Å². The molecule has 0 aliphatic carbocycles. The van der Waals surface area contributed by atoms with Crippen LogP contribution in [0.2, 0.25) is 0 Å². The molecule has 3 rings (SSSR count). The van der Waals surface area contributed by atoms with Gasteiger partial charge in [-0.3, -0.25) is 0 Å². The number of aliphatic hydroxyl groups excluding tert-OH is 1. The van der Waals surface area contributed by atoms with Crippen LogP contribution in [0.25, 0.3) is 11.1 Å². The van der Waals surface area contributed by atoms with Crippen molar-refractivity contribution >= 4 is 16.1 Å². The van der Waals surface area contributed by atoms with Gasteiger partial charge in [-0.1, -0.05) is 50.2 Å². The van der Waals surface area contributed by atoms with Crippen molar-refractivity contribution in [1.29, 1.82) is 0 Å². The fourth-order valence-corrected chi connectivity index (χ4v) is 5.80. The van der Waals surface area contributed by atoms with Crippen LogP contribution >= 0.6 is 0 Å². The molecule has 2 N–H and O–H groups in total. The van der Waals surface area contributed by atoms with Crippen molar-refractivity contribution in [2.45, 2.75) is 44.2 Å². The highest BCUT2D eigenvalue weighted by Gasteiger charge is 2.38. The van der Waals surface area contributed by atoms with Crippen molar-refractivity contribution in [1.82, 2.24) is 14.5 Å². The van der Waals surface area contributed by atoms with Gasteiger partial charge in [-0.2, -0.15) is 4.31 Å². The molecule has 34 heavy (non-hydrogen) atoms. The summed E-state index contributed by atoms with van der Waals surface area (Å²) in [6.07, 6.45) is 0.378. The molecule has 2 amide bonds. The average molecular weight is 490 g/mol. The Morgan fingerprint density at radius 1 is 1.24 bits per heavy atom. The van der Waals surface area contributed by atoms with Crippen LogP contribution in [0.4, 0.5) is 4.79 Å². The minimum absolute atomic E-state index is 0.0578. The van der Waals surface area contributed by atoms with E-state index in [2.05, 4.69) is 5.32 Å². The number of urea groups is 1. The summed E-state index contributed by atoms with van der Waals surface area (Å²) in [6, 6.07) is 13.9. The monoisotopic (exact) mass is 489 g/mol. The second-order valence-electron chi connectivity index (χ2n) is 8.88. The van der Waals surface area contributed by atoms with E-state index in [9.17, 15) is 18.3 Å². The lowest BCUT2D eigenvalue weighted by Crippen LogP contribution is -2.51. The fourth-order valence-electron chi connectivity index (χ4n) is 3.97. The van der Waals surface area contributed by atoms with E-state index in [1.807, 2.05) is 44.2 Å². The maximum absolute atomic E-state index is 13.6. The van der Waals surface area contributed by atoms with Gasteiger partial charge in [-0.25, -0.2) is 13.2 Å². The Morgan fingerprint density at radius 2 is 1.94 bits per heavy atom. The van der Waals surface area contributed by atoms with Crippen LogP contribution in [-0.2, 0) is 10.0 Å². The molecule has 0 fully saturated rings. The van der Waals surface area contributed by atoms with E-state index in [0.717, 1.165) is 17.5 Å². The molecule has 1 aliphatic rings. The number of nitrogens with zero attached hydrogens (tertiary/aromatic N) is 2. The van der Waals surface area contributed by atoms with Gasteiger partial charge in [0.15, 0.2) is 0 Å². The van der Waals surface area contributed by atoms with Crippen LogP contribution in [-0.4, -0.2) is 74.2 Å². The minimum Gasteiger partial charge on any atom is -0.487 e. The van der Waals surface area contributed by atoms with E-state index in [4.69, 9.17) is 4.74 Å². The number of sulfonamides is 1. The highest BCUT2D eigenvalue weighted by Crippen LogP contribution is 2.36. The zero-order valence-electron chi connectivity index (χ0n) is 20.3. The first kappa shape index (κ1) is 26.0. The first-order valence-corrected chi connectivity index (χ1v) is 13.1. The molecule has 1 aliphatic heterocycles. The summed E-state index contributed by atoms with van der Waals surface area (Å²) in [7, 11) is -2.21. The number of benzene rings is 2. The van der Waals surface area contributed by atoms with Gasteiger partial charge < -0.3 is 20.1 Å². The van der Waals surface area contributed by atoms with E-state index >= 15 is 0 Å². The smallest absolute Gasteiger partial charge is 0.317 e. The van der Waals surface area contributed by atoms with Gasteiger partial charge in [0.25, 0.3) is 0 Å². The van der Waals surface area contributed by atoms with E-state index in [1.54, 1.807) is 37.1 Å². The summed E-state index contributed by atoms with van der Waals surface area (Å²) in [5, 5.41) is 12.6. The Labute approximate surface area is 202 Å². The topological polar surface area (TPSA) is 99.2 Å². The predicted molar refractivity (Wildman–Crippen MR) is 132 cm³/mol. The first-order chi connectivity index (χ1) is 16.2. The van der Waals surface area contributed by atoms with Gasteiger partial charge in [-0.15, -0.1) is 0 Å². The summed E-state index contributed by atoms with van der Waals surface area (Å²) in [4.78, 5) is 14.1. The van der Waals surface area contributed by atoms with E-state index in [-0.39, 0.29) is 42.3 Å². The van der Waals surface area contributed by atoms with Gasteiger partial charge in [-0.05, 0) is 36.6 Å². The molecule has 3 atom stereocenters. The van der Waals surface area contributed by atoms with Gasteiger partial charge >= 0.3 is 6.03 Å². The number of aliphatic hydroxyl groups is 1. The molecular formula is C25H35N3O5S. The normalized spacial score (nSPS) is 20.9. The quantitative estimate of drug-likeness (QED) is 0.622. The van der Waals surface area contributed by atoms with Crippen molar-refractivity contribution in [2.75, 3.05) is 33.3 Å². The summed E-state index contributed by atoms with van der Waals surface area (Å²) < 4.78 is 34.9. The van der Waals surface area contributed by atoms with Crippen LogP contribution in [0.1, 0.15) is 27.2 Å². The summed E-state index contributed by atoms with van der Waals surface area (Å²) in [5.74, 6) is 0.00846. The van der Waals surface area contributed by atoms with E-state index in [1.165, 1.54) is 4.31 Å². The molecule has 186 valence electrons. The lowest BCUT2D eigenvalue weighted by molar-refractivity contribution is 0.0813. The highest BCUT2D eigenvalue weighted by molar-refractivity contribution is 7.89. The van der Waals surface area contributed by atoms with Gasteiger partial charge in [0.2, 0.25) is 10.0 Å². The molecule has 8 nitrogen and oxygen atoms in total. The van der Waals surface area contributed by atoms with Gasteiger partial charge in [0, 0.05) is 32.1 Å². The number of fused-ring (bicyclic) bond motifs is 1. The molecule has 0 saturated carbocycles. The molecular weight excluding hydrogens is 454 g/mol. The van der Waals surface area contributed by atoms with Crippen LogP contribution in [0, 0.1) is 5.92 Å². The zero-order valence-corrected chi connectivity index (χ0v) is 21.1.